The van der Waals surface area contributed by atoms with Crippen molar-refractivity contribution >= 4 is 22.5 Å². The third-order valence-electron chi connectivity index (χ3n) is 6.21. The molecule has 2 aromatic heterocycles. The van der Waals surface area contributed by atoms with Gasteiger partial charge in [0.1, 0.15) is 5.82 Å². The number of aromatic nitrogens is 3. The minimum atomic E-state index is -2.93. The normalized spacial score (nSPS) is 18.2. The van der Waals surface area contributed by atoms with Gasteiger partial charge in [-0.1, -0.05) is 0 Å². The Morgan fingerprint density at radius 1 is 1.11 bits per heavy atom. The molecule has 0 saturated carbocycles. The fraction of sp³-hybridized carbons (Fsp3) is 0.269. The Balaban J connectivity index is 1.54. The molecule has 2 atom stereocenters. The summed E-state index contributed by atoms with van der Waals surface area (Å²) in [5, 5.41) is 8.08. The van der Waals surface area contributed by atoms with E-state index in [1.807, 2.05) is 12.1 Å². The molecule has 4 aromatic rings. The van der Waals surface area contributed by atoms with Crippen LogP contribution in [0.2, 0.25) is 0 Å². The highest BCUT2D eigenvalue weighted by atomic mass is 19.3. The summed E-state index contributed by atoms with van der Waals surface area (Å²) in [7, 11) is 1.49. The number of ether oxygens (including phenoxy) is 1. The van der Waals surface area contributed by atoms with Crippen molar-refractivity contribution in [3.05, 3.63) is 78.4 Å². The van der Waals surface area contributed by atoms with Crippen molar-refractivity contribution < 1.29 is 22.7 Å². The minimum absolute atomic E-state index is 0.0538. The molecule has 10 heteroatoms. The number of hydrogen-bond acceptors (Lipinski definition) is 5. The molecule has 2 aromatic carbocycles. The zero-order chi connectivity index (χ0) is 25.4. The molecule has 3 heterocycles. The number of pyridine rings is 1. The van der Waals surface area contributed by atoms with Gasteiger partial charge in [0, 0.05) is 42.7 Å². The molecule has 5 rings (SSSR count). The second kappa shape index (κ2) is 9.27. The monoisotopic (exact) mass is 495 g/mol. The fourth-order valence-electron chi connectivity index (χ4n) is 4.59. The summed E-state index contributed by atoms with van der Waals surface area (Å²) < 4.78 is 47.6. The predicted molar refractivity (Wildman–Crippen MR) is 129 cm³/mol. The highest BCUT2D eigenvalue weighted by Gasteiger charge is 2.42. The van der Waals surface area contributed by atoms with E-state index in [1.54, 1.807) is 52.3 Å². The van der Waals surface area contributed by atoms with E-state index in [0.717, 1.165) is 17.8 Å². The Labute approximate surface area is 205 Å². The molecule has 36 heavy (non-hydrogen) atoms. The number of hydrogen-bond donors (Lipinski definition) is 1. The summed E-state index contributed by atoms with van der Waals surface area (Å²) in [6.45, 7) is 0.284. The van der Waals surface area contributed by atoms with E-state index in [0.29, 0.717) is 22.8 Å². The molecule has 0 unspecified atom stereocenters. The number of nitrogens with zero attached hydrogens (tertiary/aromatic N) is 4. The van der Waals surface area contributed by atoms with Crippen LogP contribution in [0, 0.1) is 5.82 Å². The Kier molecular flexibility index (Phi) is 6.13. The summed E-state index contributed by atoms with van der Waals surface area (Å²) in [5.41, 5.74) is 2.80. The van der Waals surface area contributed by atoms with E-state index in [2.05, 4.69) is 15.4 Å². The van der Waals surface area contributed by atoms with E-state index >= 15 is 0 Å². The fourth-order valence-corrected chi connectivity index (χ4v) is 4.59. The Morgan fingerprint density at radius 2 is 1.86 bits per heavy atom. The number of methoxy groups -OCH3 is 1. The maximum absolute atomic E-state index is 13.7. The lowest BCUT2D eigenvalue weighted by Crippen LogP contribution is -2.41. The molecular weight excluding hydrogens is 471 g/mol. The lowest BCUT2D eigenvalue weighted by Gasteiger charge is -2.30. The summed E-state index contributed by atoms with van der Waals surface area (Å²) >= 11 is 0. The number of carbonyl (C=O) groups excluding carboxylic acids is 1. The first-order valence-electron chi connectivity index (χ1n) is 11.4. The number of nitrogens with one attached hydrogen (secondary N) is 1. The number of amides is 1. The quantitative estimate of drug-likeness (QED) is 0.404. The third kappa shape index (κ3) is 4.64. The van der Waals surface area contributed by atoms with Gasteiger partial charge < -0.3 is 15.0 Å². The molecule has 1 aliphatic rings. The first-order valence-corrected chi connectivity index (χ1v) is 11.4. The zero-order valence-electron chi connectivity index (χ0n) is 19.7. The topological polar surface area (TPSA) is 72.3 Å². The number of carbonyl (C=O) groups is 1. The summed E-state index contributed by atoms with van der Waals surface area (Å²) in [6.07, 6.45) is 3.29. The molecule has 0 radical (unpaired) electrons. The summed E-state index contributed by atoms with van der Waals surface area (Å²) in [6, 6.07) is 13.8. The van der Waals surface area contributed by atoms with Gasteiger partial charge in [-0.3, -0.25) is 4.79 Å². The van der Waals surface area contributed by atoms with E-state index in [4.69, 9.17) is 4.74 Å². The van der Waals surface area contributed by atoms with E-state index < -0.39 is 24.6 Å². The van der Waals surface area contributed by atoms with Crippen LogP contribution in [0.1, 0.15) is 24.9 Å². The molecule has 1 fully saturated rings. The van der Waals surface area contributed by atoms with Gasteiger partial charge in [0.15, 0.2) is 0 Å². The highest BCUT2D eigenvalue weighted by Crippen LogP contribution is 2.39. The van der Waals surface area contributed by atoms with Crippen LogP contribution in [0.25, 0.3) is 16.6 Å². The van der Waals surface area contributed by atoms with E-state index in [1.165, 1.54) is 19.2 Å². The van der Waals surface area contributed by atoms with Crippen molar-refractivity contribution in [1.29, 1.82) is 0 Å². The number of fused-ring (bicyclic) bond motifs is 1. The first-order chi connectivity index (χ1) is 17.2. The molecule has 1 amide bonds. The average molecular weight is 496 g/mol. The minimum Gasteiger partial charge on any atom is -0.481 e. The smallest absolute Gasteiger partial charge is 0.257 e. The van der Waals surface area contributed by atoms with Crippen LogP contribution < -0.4 is 15.0 Å². The standard InChI is InChI=1S/C26H24F3N5O2/c1-26(28,29)15-31-21-13-24(35)33(25(21)16-9-10-30-23(12-16)36-2)20-7-8-22-17(11-20)14-32-34(22)19-5-3-18(27)4-6-19/h3-12,14,21,25,31H,13,15H2,1-2H3/t21-,25+/m0/s1. The average Bonchev–Trinajstić information content (AvgIpc) is 3.43. The predicted octanol–water partition coefficient (Wildman–Crippen LogP) is 4.66. The maximum Gasteiger partial charge on any atom is 0.257 e. The van der Waals surface area contributed by atoms with Crippen LogP contribution in [0.5, 0.6) is 5.88 Å². The third-order valence-corrected chi connectivity index (χ3v) is 6.21. The largest absolute Gasteiger partial charge is 0.481 e. The lowest BCUT2D eigenvalue weighted by molar-refractivity contribution is -0.117. The van der Waals surface area contributed by atoms with Crippen molar-refractivity contribution in [3.8, 4) is 11.6 Å². The van der Waals surface area contributed by atoms with Gasteiger partial charge >= 0.3 is 0 Å². The second-order valence-corrected chi connectivity index (χ2v) is 8.88. The molecule has 1 N–H and O–H groups in total. The van der Waals surface area contributed by atoms with Crippen LogP contribution in [-0.2, 0) is 4.79 Å². The number of anilines is 1. The number of benzene rings is 2. The highest BCUT2D eigenvalue weighted by molar-refractivity contribution is 5.99. The Hall–Kier alpha value is -3.92. The van der Waals surface area contributed by atoms with Crippen LogP contribution >= 0.6 is 0 Å². The van der Waals surface area contributed by atoms with Crippen LogP contribution in [0.3, 0.4) is 0 Å². The van der Waals surface area contributed by atoms with Gasteiger partial charge in [-0.05, 0) is 54.1 Å². The number of halogens is 3. The summed E-state index contributed by atoms with van der Waals surface area (Å²) in [5.74, 6) is -3.10. The molecular formula is C26H24F3N5O2. The zero-order valence-corrected chi connectivity index (χ0v) is 19.7. The van der Waals surface area contributed by atoms with Gasteiger partial charge in [0.05, 0.1) is 37.1 Å². The van der Waals surface area contributed by atoms with Crippen LogP contribution in [-0.4, -0.2) is 46.3 Å². The Bertz CT molecular complexity index is 1400. The van der Waals surface area contributed by atoms with E-state index in [9.17, 15) is 18.0 Å². The second-order valence-electron chi connectivity index (χ2n) is 8.88. The van der Waals surface area contributed by atoms with Crippen molar-refractivity contribution in [1.82, 2.24) is 20.1 Å². The van der Waals surface area contributed by atoms with Crippen molar-refractivity contribution in [2.24, 2.45) is 0 Å². The summed E-state index contributed by atoms with van der Waals surface area (Å²) in [4.78, 5) is 19.0. The lowest BCUT2D eigenvalue weighted by atomic mass is 10.00. The van der Waals surface area contributed by atoms with Crippen molar-refractivity contribution in [2.75, 3.05) is 18.6 Å². The van der Waals surface area contributed by atoms with Gasteiger partial charge in [-0.25, -0.2) is 22.8 Å². The molecule has 0 bridgehead atoms. The van der Waals surface area contributed by atoms with Crippen molar-refractivity contribution in [3.63, 3.8) is 0 Å². The van der Waals surface area contributed by atoms with Crippen LogP contribution in [0.4, 0.5) is 18.9 Å². The molecule has 0 spiro atoms. The van der Waals surface area contributed by atoms with E-state index in [-0.39, 0.29) is 18.1 Å². The van der Waals surface area contributed by atoms with Gasteiger partial charge in [0.2, 0.25) is 11.8 Å². The Morgan fingerprint density at radius 3 is 2.58 bits per heavy atom. The maximum atomic E-state index is 13.7. The molecule has 0 aliphatic carbocycles. The van der Waals surface area contributed by atoms with Gasteiger partial charge in [-0.15, -0.1) is 0 Å². The number of rotatable bonds is 7. The number of alkyl halides is 2. The first kappa shape index (κ1) is 23.8. The molecule has 1 saturated heterocycles. The molecule has 186 valence electrons. The van der Waals surface area contributed by atoms with Crippen LogP contribution in [0.15, 0.2) is 67.0 Å². The van der Waals surface area contributed by atoms with Gasteiger partial charge in [0.25, 0.3) is 5.92 Å². The van der Waals surface area contributed by atoms with Crippen molar-refractivity contribution in [2.45, 2.75) is 31.4 Å². The SMILES string of the molecule is COc1cc([C@@H]2[C@@H](NCC(C)(F)F)CC(=O)N2c2ccc3c(cnn3-c3ccc(F)cc3)c2)ccn1. The van der Waals surface area contributed by atoms with Gasteiger partial charge in [-0.2, -0.15) is 5.10 Å². The molecule has 7 nitrogen and oxygen atoms in total. The molecule has 1 aliphatic heterocycles.